The number of aromatic amines is 1. The van der Waals surface area contributed by atoms with Gasteiger partial charge in [-0.1, -0.05) is 87.5 Å². The zero-order valence-electron chi connectivity index (χ0n) is 63.2. The van der Waals surface area contributed by atoms with Crippen LogP contribution < -0.4 is 20.1 Å². The number of aromatic hydroxyl groups is 1. The average molecular weight is 1520 g/mol. The monoisotopic (exact) mass is 1520 g/mol. The second kappa shape index (κ2) is 29.0. The molecule has 2 bridgehead atoms. The van der Waals surface area contributed by atoms with Gasteiger partial charge in [0.05, 0.1) is 75.3 Å². The van der Waals surface area contributed by atoms with E-state index in [1.807, 2.05) is 86.7 Å². The number of aromatic nitrogens is 1. The summed E-state index contributed by atoms with van der Waals surface area (Å²) in [5, 5.41) is 92.3. The van der Waals surface area contributed by atoms with Gasteiger partial charge in [-0.2, -0.15) is 0 Å². The van der Waals surface area contributed by atoms with Gasteiger partial charge in [-0.3, -0.25) is 48.3 Å². The maximum atomic E-state index is 15.3. The van der Waals surface area contributed by atoms with E-state index in [1.165, 1.54) is 58.2 Å². The van der Waals surface area contributed by atoms with Crippen molar-refractivity contribution < 1.29 is 108 Å². The smallest absolute Gasteiger partial charge is 0.344 e. The van der Waals surface area contributed by atoms with Gasteiger partial charge in [0.25, 0.3) is 5.91 Å². The second-order valence-electron chi connectivity index (χ2n) is 30.9. The number of Topliss-reactive ketones (excluding diaryl/α,β-unsaturated/α-hetero) is 2. The summed E-state index contributed by atoms with van der Waals surface area (Å²) < 4.78 is 28.8. The Morgan fingerprint density at radius 2 is 1.54 bits per heavy atom. The number of carboxylic acid groups (broad SMARTS) is 1. The highest BCUT2D eigenvalue weighted by atomic mass is 16.6. The van der Waals surface area contributed by atoms with Gasteiger partial charge in [0.2, 0.25) is 17.8 Å². The number of rotatable bonds is 13. The topological polar surface area (TPSA) is 431 Å². The number of carbonyl (C=O) groups is 8. The Labute approximate surface area is 634 Å². The number of aliphatic carboxylic acids is 1. The molecule has 6 heterocycles. The number of para-hydroxylation sites is 1. The number of piperidine rings is 1. The van der Waals surface area contributed by atoms with Crippen LogP contribution in [0, 0.1) is 23.2 Å². The van der Waals surface area contributed by atoms with Gasteiger partial charge in [-0.25, -0.2) is 4.79 Å². The molecule has 1 spiro atoms. The van der Waals surface area contributed by atoms with Crippen molar-refractivity contribution in [3.05, 3.63) is 165 Å². The number of benzene rings is 5. The van der Waals surface area contributed by atoms with E-state index >= 15 is 4.79 Å². The number of phenols is 1. The number of H-pyrrole nitrogens is 1. The molecule has 110 heavy (non-hydrogen) atoms. The van der Waals surface area contributed by atoms with Gasteiger partial charge in [0.15, 0.2) is 17.5 Å². The molecule has 28 heteroatoms. The van der Waals surface area contributed by atoms with Gasteiger partial charge < -0.3 is 85.6 Å². The van der Waals surface area contributed by atoms with Crippen LogP contribution in [0.25, 0.3) is 21.7 Å². The first-order valence-electron chi connectivity index (χ1n) is 36.7. The molecule has 13 N–H and O–H groups in total. The number of carboxylic acids is 1. The van der Waals surface area contributed by atoms with E-state index in [-0.39, 0.29) is 29.1 Å². The van der Waals surface area contributed by atoms with Gasteiger partial charge >= 0.3 is 23.9 Å². The highest BCUT2D eigenvalue weighted by molar-refractivity contribution is 6.25. The molecule has 5 aliphatic heterocycles. The number of nitrogens with one attached hydrogen (secondary N) is 1. The van der Waals surface area contributed by atoms with Crippen LogP contribution in [0.4, 0.5) is 5.69 Å². The number of methoxy groups -OCH3 is 4. The molecule has 3 fully saturated rings. The molecule has 0 unspecified atom stereocenters. The number of phenolic OH excluding ortho intramolecular Hbond substituents is 1. The first kappa shape index (κ1) is 79.5. The van der Waals surface area contributed by atoms with Crippen molar-refractivity contribution in [1.82, 2.24) is 19.7 Å². The summed E-state index contributed by atoms with van der Waals surface area (Å²) in [6.45, 7) is 11.5. The Morgan fingerprint density at radius 3 is 2.17 bits per heavy atom. The van der Waals surface area contributed by atoms with E-state index in [2.05, 4.69) is 20.9 Å². The molecule has 15 rings (SSSR count). The van der Waals surface area contributed by atoms with Crippen LogP contribution >= 0.6 is 0 Å². The molecule has 6 aromatic rings. The molecule has 1 aromatic heterocycles. The highest BCUT2D eigenvalue weighted by Gasteiger charge is 2.81. The first-order valence-corrected chi connectivity index (χ1v) is 36.7. The van der Waals surface area contributed by atoms with Gasteiger partial charge in [-0.15, -0.1) is 0 Å². The van der Waals surface area contributed by atoms with Crippen LogP contribution in [0.3, 0.4) is 0 Å². The number of fused-ring (bicyclic) bond motifs is 10. The van der Waals surface area contributed by atoms with Crippen LogP contribution in [-0.4, -0.2) is 236 Å². The van der Waals surface area contributed by atoms with E-state index < -0.39 is 151 Å². The van der Waals surface area contributed by atoms with Crippen molar-refractivity contribution >= 4 is 75.1 Å². The van der Waals surface area contributed by atoms with Crippen molar-refractivity contribution in [1.29, 1.82) is 0 Å². The number of esters is 3. The minimum Gasteiger partial charge on any atom is -0.510 e. The number of aliphatic hydroxyl groups is 6. The van der Waals surface area contributed by atoms with Crippen LogP contribution in [0.1, 0.15) is 122 Å². The normalized spacial score (nSPS) is 31.8. The minimum absolute atomic E-state index is 0. The number of anilines is 1. The SMILES string of the molecule is CC[C@]1(O)C[C@H]2C[N@](CCc3c([nH]c4ccccc34)[C@@](C(=O)OC)(c3cc4c(cc3OC)N(C=O)[C@H]3[C@@](O)(C(=O)OC)[C@H](OC(C)=O)[C@]5(CC)C=CCN6CC[C@]43[C@@H]65)C2)C1.COc1ccc2cc([C@H](C)C(=O)O)ccc2c1.C[C@H]1c2cccc(O)c2C(=O)C2=C(O)[C@]3(O)C(=O)C(C(N)=O)=C(O)[C@@H](N(C)C)[C@@H]3[C@@H](O)[C@@H]21.O. The van der Waals surface area contributed by atoms with Crippen molar-refractivity contribution in [2.24, 2.45) is 28.9 Å². The van der Waals surface area contributed by atoms with Crippen LogP contribution in [0.15, 0.2) is 126 Å². The van der Waals surface area contributed by atoms with Gasteiger partial charge in [0, 0.05) is 89.7 Å². The standard InChI is InChI=1S/C46H56N4O10.C22H24N2O8.C14H14O3.H2O/c1-7-42(55)22-28-23-45(40(53)58-5,36-30(14-18-48(24-28)25-42)29-12-9-10-13-33(29)47-36)32-20-31-34(21-35(32)57-4)50(26-51)38-44(31)16-19-49-17-11-15-43(8-2,37(44)49)39(60-27(3)52)46(38,56)41(54)59-6;1-7-8-5-4-6-9(25)11(8)16(26)12-10(7)17(27)14-15(24(2)3)18(28)13(21(23)31)20(30)22(14,32)19(12)29;1-9(14(15)16)10-3-4-12-8-13(17-2)6-5-11(12)7-10;/h9-13,15,20-21,26,28,37-39,47,55-56H,7-8,14,16-19,22-25H2,1-6H3;4-7,10,14-15,17,25,27-29,32H,1-3H3,(H2,23,31);3-9H,1-2H3,(H,15,16);1H2/t28-,37+,38-,39-,42+,43-,44-,45+,46+;7-,10+,14+,15-,17-,22-;9-;/m100./s1. The number of nitrogens with two attached hydrogens (primary N) is 1. The van der Waals surface area contributed by atoms with Crippen molar-refractivity contribution in [3.8, 4) is 17.2 Å². The van der Waals surface area contributed by atoms with E-state index in [1.54, 1.807) is 39.2 Å². The predicted octanol–water partition coefficient (Wildman–Crippen LogP) is 5.38. The maximum absolute atomic E-state index is 15.3. The Bertz CT molecular complexity index is 4870. The summed E-state index contributed by atoms with van der Waals surface area (Å²) in [5.41, 5.74) is -0.973. The van der Waals surface area contributed by atoms with E-state index in [0.717, 1.165) is 38.6 Å². The van der Waals surface area contributed by atoms with Crippen LogP contribution in [-0.2, 0) is 65.0 Å². The van der Waals surface area contributed by atoms with Crippen molar-refractivity contribution in [3.63, 3.8) is 0 Å². The Hall–Kier alpha value is -10.0. The third-order valence-corrected chi connectivity index (χ3v) is 25.4. The summed E-state index contributed by atoms with van der Waals surface area (Å²) in [7, 11) is 8.69. The zero-order chi connectivity index (χ0) is 78.8. The Kier molecular flexibility index (Phi) is 21.0. The van der Waals surface area contributed by atoms with E-state index in [9.17, 15) is 69.3 Å². The molecular weight excluding hydrogens is 1420 g/mol. The summed E-state index contributed by atoms with van der Waals surface area (Å²) in [6.07, 6.45) is 4.24. The molecule has 17 atom stereocenters. The van der Waals surface area contributed by atoms with E-state index in [0.29, 0.717) is 105 Å². The number of hydrogen-bond acceptors (Lipinski definition) is 23. The number of likely N-dealkylation sites (N-methyl/N-ethyl adjacent to an activating group) is 1. The lowest BCUT2D eigenvalue weighted by molar-refractivity contribution is -0.228. The van der Waals surface area contributed by atoms with E-state index in [4.69, 9.17) is 34.5 Å². The molecule has 0 radical (unpaired) electrons. The average Bonchev–Trinajstić information content (AvgIpc) is 1.46. The number of carbonyl (C=O) groups excluding carboxylic acids is 7. The molecule has 2 amide bonds. The van der Waals surface area contributed by atoms with Crippen LogP contribution in [0.2, 0.25) is 0 Å². The summed E-state index contributed by atoms with van der Waals surface area (Å²) in [6, 6.07) is 24.6. The fourth-order valence-electron chi connectivity index (χ4n) is 20.7. The number of aliphatic hydroxyl groups excluding tert-OH is 3. The fraction of sp³-hybridized carbons (Fsp3) is 0.463. The summed E-state index contributed by atoms with van der Waals surface area (Å²) in [4.78, 5) is 117. The molecule has 28 nitrogen and oxygen atoms in total. The van der Waals surface area contributed by atoms with Crippen molar-refractivity contribution in [2.75, 3.05) is 80.2 Å². The fourth-order valence-corrected chi connectivity index (χ4v) is 20.7. The number of nitrogens with zero attached hydrogens (tertiary/aromatic N) is 4. The minimum atomic E-state index is -2.89. The maximum Gasteiger partial charge on any atom is 0.344 e. The van der Waals surface area contributed by atoms with Crippen molar-refractivity contribution in [2.45, 2.75) is 143 Å². The molecule has 2 saturated heterocycles. The number of ether oxygens (including phenoxy) is 5. The lowest BCUT2D eigenvalue weighted by Crippen LogP contribution is -2.81. The lowest BCUT2D eigenvalue weighted by atomic mass is 9.47. The third kappa shape index (κ3) is 11.6. The van der Waals surface area contributed by atoms with Gasteiger partial charge in [0.1, 0.15) is 39.8 Å². The highest BCUT2D eigenvalue weighted by Crippen LogP contribution is 2.69. The molecule has 4 aliphatic carbocycles. The van der Waals surface area contributed by atoms with Crippen LogP contribution in [0.5, 0.6) is 17.2 Å². The second-order valence-corrected chi connectivity index (χ2v) is 30.9. The molecular formula is C82H96N6O22. The largest absolute Gasteiger partial charge is 0.510 e. The third-order valence-electron chi connectivity index (χ3n) is 25.4. The number of hydrogen-bond donors (Lipinski definition) is 10. The molecule has 586 valence electrons. The Morgan fingerprint density at radius 1 is 0.836 bits per heavy atom. The first-order chi connectivity index (χ1) is 51.7. The molecule has 5 aromatic carbocycles. The Balaban J connectivity index is 0.000000186. The number of amides is 2. The molecule has 9 aliphatic rings. The zero-order valence-corrected chi connectivity index (χ0v) is 63.2. The lowest BCUT2D eigenvalue weighted by Gasteiger charge is -2.63. The number of ketones is 2. The summed E-state index contributed by atoms with van der Waals surface area (Å²) in [5.74, 6) is -11.4. The number of primary amides is 1. The predicted molar refractivity (Wildman–Crippen MR) is 401 cm³/mol. The molecule has 1 saturated carbocycles. The summed E-state index contributed by atoms with van der Waals surface area (Å²) >= 11 is 0. The van der Waals surface area contributed by atoms with Gasteiger partial charge in [-0.05, 0) is 141 Å². The quantitative estimate of drug-likeness (QED) is 0.0228.